The Morgan fingerprint density at radius 3 is 2.48 bits per heavy atom. The van der Waals surface area contributed by atoms with Gasteiger partial charge in [0.25, 0.3) is 0 Å². The molecule has 0 radical (unpaired) electrons. The summed E-state index contributed by atoms with van der Waals surface area (Å²) in [4.78, 5) is 21.7. The highest BCUT2D eigenvalue weighted by Crippen LogP contribution is 2.22. The van der Waals surface area contributed by atoms with Crippen molar-refractivity contribution in [3.05, 3.63) is 72.1 Å². The van der Waals surface area contributed by atoms with Crippen molar-refractivity contribution in [1.82, 2.24) is 9.97 Å². The Kier molecular flexibility index (Phi) is 6.95. The van der Waals surface area contributed by atoms with Gasteiger partial charge in [-0.1, -0.05) is 56.3 Å². The molecule has 1 heterocycles. The van der Waals surface area contributed by atoms with Gasteiger partial charge in [-0.05, 0) is 42.9 Å². The molecule has 0 fully saturated rings. The third-order valence-electron chi connectivity index (χ3n) is 4.62. The molecule has 0 saturated heterocycles. The van der Waals surface area contributed by atoms with Crippen LogP contribution in [0.15, 0.2) is 60.8 Å². The number of hydrogen-bond donors (Lipinski definition) is 2. The number of carbonyl (C=O) groups is 1. The molecule has 1 aromatic heterocycles. The third-order valence-corrected chi connectivity index (χ3v) is 4.62. The number of nitrogens with two attached hydrogens (primary N) is 1. The van der Waals surface area contributed by atoms with Crippen molar-refractivity contribution in [2.45, 2.75) is 39.5 Å². The van der Waals surface area contributed by atoms with Gasteiger partial charge >= 0.3 is 0 Å². The Labute approximate surface area is 172 Å². The number of nitrogens with zero attached hydrogens (tertiary/aromatic N) is 2. The summed E-state index contributed by atoms with van der Waals surface area (Å²) < 4.78 is 0. The minimum atomic E-state index is -0.0273. The fourth-order valence-electron chi connectivity index (χ4n) is 3.15. The van der Waals surface area contributed by atoms with Crippen LogP contribution in [0.4, 0.5) is 11.5 Å². The summed E-state index contributed by atoms with van der Waals surface area (Å²) in [5.74, 6) is 0.933. The largest absolute Gasteiger partial charge is 0.399 e. The van der Waals surface area contributed by atoms with Crippen LogP contribution in [0.1, 0.15) is 37.9 Å². The standard InChI is InChI=1S/C24H28N4O/c1-17(2)15-21-24(26-16-22(27-21)19-11-13-20(25)14-12-19)28-23(29)10-6-9-18-7-4-3-5-8-18/h3-5,7-8,11-14,16-17H,6,9-10,15,25H2,1-2H3,(H,26,28,29). The van der Waals surface area contributed by atoms with E-state index in [2.05, 4.69) is 36.3 Å². The molecule has 29 heavy (non-hydrogen) atoms. The molecule has 5 heteroatoms. The molecule has 3 N–H and O–H groups in total. The number of benzene rings is 2. The number of nitrogens with one attached hydrogen (secondary N) is 1. The molecule has 0 aliphatic carbocycles. The number of carbonyl (C=O) groups excluding carboxylic acids is 1. The number of anilines is 2. The second-order valence-electron chi connectivity index (χ2n) is 7.66. The molecule has 0 unspecified atom stereocenters. The molecule has 3 rings (SSSR count). The third kappa shape index (κ3) is 6.14. The first-order chi connectivity index (χ1) is 14.0. The number of aromatic nitrogens is 2. The molecular weight excluding hydrogens is 360 g/mol. The Morgan fingerprint density at radius 2 is 1.79 bits per heavy atom. The minimum Gasteiger partial charge on any atom is -0.399 e. The van der Waals surface area contributed by atoms with Crippen molar-refractivity contribution in [3.8, 4) is 11.3 Å². The molecule has 0 aliphatic rings. The predicted octanol–water partition coefficient (Wildman–Crippen LogP) is 4.89. The van der Waals surface area contributed by atoms with Crippen LogP contribution in [-0.2, 0) is 17.6 Å². The van der Waals surface area contributed by atoms with Crippen molar-refractivity contribution in [3.63, 3.8) is 0 Å². The van der Waals surface area contributed by atoms with Gasteiger partial charge < -0.3 is 11.1 Å². The molecule has 0 atom stereocenters. The lowest BCUT2D eigenvalue weighted by Gasteiger charge is -2.13. The number of rotatable bonds is 8. The quantitative estimate of drug-likeness (QED) is 0.539. The van der Waals surface area contributed by atoms with Crippen LogP contribution in [0, 0.1) is 5.92 Å². The first kappa shape index (κ1) is 20.5. The number of nitrogen functional groups attached to an aromatic ring is 1. The minimum absolute atomic E-state index is 0.0273. The smallest absolute Gasteiger partial charge is 0.225 e. The maximum Gasteiger partial charge on any atom is 0.225 e. The Balaban J connectivity index is 1.68. The van der Waals surface area contributed by atoms with Crippen molar-refractivity contribution < 1.29 is 4.79 Å². The highest BCUT2D eigenvalue weighted by Gasteiger charge is 2.13. The van der Waals surface area contributed by atoms with E-state index in [0.29, 0.717) is 23.8 Å². The van der Waals surface area contributed by atoms with E-state index in [1.165, 1.54) is 5.56 Å². The summed E-state index contributed by atoms with van der Waals surface area (Å²) in [6, 6.07) is 17.8. The molecule has 0 aliphatic heterocycles. The number of amides is 1. The van der Waals surface area contributed by atoms with Crippen molar-refractivity contribution in [2.24, 2.45) is 5.92 Å². The molecule has 2 aromatic carbocycles. The fraction of sp³-hybridized carbons (Fsp3) is 0.292. The van der Waals surface area contributed by atoms with E-state index in [4.69, 9.17) is 10.7 Å². The topological polar surface area (TPSA) is 80.9 Å². The second-order valence-corrected chi connectivity index (χ2v) is 7.66. The first-order valence-corrected chi connectivity index (χ1v) is 10.1. The zero-order valence-electron chi connectivity index (χ0n) is 17.1. The summed E-state index contributed by atoms with van der Waals surface area (Å²) in [6.07, 6.45) is 4.59. The van der Waals surface area contributed by atoms with E-state index in [0.717, 1.165) is 36.2 Å². The van der Waals surface area contributed by atoms with E-state index in [1.807, 2.05) is 42.5 Å². The molecule has 1 amide bonds. The average molecular weight is 389 g/mol. The average Bonchev–Trinajstić information content (AvgIpc) is 2.70. The molecule has 150 valence electrons. The predicted molar refractivity (Wildman–Crippen MR) is 118 cm³/mol. The zero-order valence-corrected chi connectivity index (χ0v) is 17.1. The summed E-state index contributed by atoms with van der Waals surface area (Å²) >= 11 is 0. The van der Waals surface area contributed by atoms with E-state index < -0.39 is 0 Å². The van der Waals surface area contributed by atoms with Gasteiger partial charge in [-0.3, -0.25) is 4.79 Å². The van der Waals surface area contributed by atoms with Crippen molar-refractivity contribution >= 4 is 17.4 Å². The van der Waals surface area contributed by atoms with Crippen LogP contribution in [0.25, 0.3) is 11.3 Å². The van der Waals surface area contributed by atoms with Crippen LogP contribution in [-0.4, -0.2) is 15.9 Å². The number of hydrogen-bond acceptors (Lipinski definition) is 4. The molecule has 0 bridgehead atoms. The summed E-state index contributed by atoms with van der Waals surface area (Å²) in [5.41, 5.74) is 10.3. The van der Waals surface area contributed by atoms with Gasteiger partial charge in [-0.2, -0.15) is 0 Å². The lowest BCUT2D eigenvalue weighted by Crippen LogP contribution is -2.16. The second kappa shape index (κ2) is 9.82. The maximum absolute atomic E-state index is 12.4. The van der Waals surface area contributed by atoms with Crippen LogP contribution in [0.3, 0.4) is 0 Å². The summed E-state index contributed by atoms with van der Waals surface area (Å²) in [7, 11) is 0. The van der Waals surface area contributed by atoms with Crippen LogP contribution in [0.2, 0.25) is 0 Å². The molecule has 0 saturated carbocycles. The lowest BCUT2D eigenvalue weighted by molar-refractivity contribution is -0.116. The van der Waals surface area contributed by atoms with Gasteiger partial charge in [0.05, 0.1) is 17.6 Å². The SMILES string of the molecule is CC(C)Cc1nc(-c2ccc(N)cc2)cnc1NC(=O)CCCc1ccccc1. The zero-order chi connectivity index (χ0) is 20.6. The molecule has 0 spiro atoms. The fourth-order valence-corrected chi connectivity index (χ4v) is 3.15. The van der Waals surface area contributed by atoms with Gasteiger partial charge in [0, 0.05) is 17.7 Å². The number of aryl methyl sites for hydroxylation is 1. The lowest BCUT2D eigenvalue weighted by atomic mass is 10.1. The van der Waals surface area contributed by atoms with Gasteiger partial charge in [0.2, 0.25) is 5.91 Å². The molecule has 5 nitrogen and oxygen atoms in total. The summed E-state index contributed by atoms with van der Waals surface area (Å²) in [6.45, 7) is 4.26. The first-order valence-electron chi connectivity index (χ1n) is 10.1. The van der Waals surface area contributed by atoms with E-state index in [-0.39, 0.29) is 5.91 Å². The Bertz CT molecular complexity index is 937. The van der Waals surface area contributed by atoms with Gasteiger partial charge in [0.1, 0.15) is 0 Å². The van der Waals surface area contributed by atoms with Gasteiger partial charge in [0.15, 0.2) is 5.82 Å². The van der Waals surface area contributed by atoms with E-state index in [1.54, 1.807) is 6.20 Å². The monoisotopic (exact) mass is 388 g/mol. The van der Waals surface area contributed by atoms with Crippen molar-refractivity contribution in [1.29, 1.82) is 0 Å². The maximum atomic E-state index is 12.4. The normalized spacial score (nSPS) is 10.9. The Morgan fingerprint density at radius 1 is 1.07 bits per heavy atom. The van der Waals surface area contributed by atoms with Crippen LogP contribution in [0.5, 0.6) is 0 Å². The summed E-state index contributed by atoms with van der Waals surface area (Å²) in [5, 5.41) is 2.96. The van der Waals surface area contributed by atoms with E-state index >= 15 is 0 Å². The van der Waals surface area contributed by atoms with Gasteiger partial charge in [-0.15, -0.1) is 0 Å². The molecular formula is C24H28N4O. The van der Waals surface area contributed by atoms with Crippen molar-refractivity contribution in [2.75, 3.05) is 11.1 Å². The Hall–Kier alpha value is -3.21. The molecule has 3 aromatic rings. The highest BCUT2D eigenvalue weighted by molar-refractivity contribution is 5.90. The van der Waals surface area contributed by atoms with Gasteiger partial charge in [-0.25, -0.2) is 9.97 Å². The van der Waals surface area contributed by atoms with Crippen LogP contribution >= 0.6 is 0 Å². The highest BCUT2D eigenvalue weighted by atomic mass is 16.1. The van der Waals surface area contributed by atoms with Crippen LogP contribution < -0.4 is 11.1 Å². The van der Waals surface area contributed by atoms with E-state index in [9.17, 15) is 4.79 Å².